The van der Waals surface area contributed by atoms with Gasteiger partial charge in [-0.1, -0.05) is 23.2 Å². The Morgan fingerprint density at radius 2 is 1.79 bits per heavy atom. The lowest BCUT2D eigenvalue weighted by Crippen LogP contribution is -2.42. The molecule has 1 saturated heterocycles. The number of benzene rings is 1. The SMILES string of the molecule is CC(N)C1CCN(C(=O)c2cc(Cl)cc(Cl)c2)CC1. The second-order valence-corrected chi connectivity index (χ2v) is 6.02. The van der Waals surface area contributed by atoms with Crippen LogP contribution in [0.3, 0.4) is 0 Å². The summed E-state index contributed by atoms with van der Waals surface area (Å²) in [6.45, 7) is 3.52. The third kappa shape index (κ3) is 3.62. The van der Waals surface area contributed by atoms with E-state index in [0.717, 1.165) is 25.9 Å². The number of amides is 1. The van der Waals surface area contributed by atoms with Crippen LogP contribution in [0.1, 0.15) is 30.1 Å². The summed E-state index contributed by atoms with van der Waals surface area (Å²) in [5, 5.41) is 0.975. The molecule has 19 heavy (non-hydrogen) atoms. The summed E-state index contributed by atoms with van der Waals surface area (Å²) in [4.78, 5) is 14.2. The van der Waals surface area contributed by atoms with E-state index in [1.807, 2.05) is 11.8 Å². The van der Waals surface area contributed by atoms with E-state index in [-0.39, 0.29) is 11.9 Å². The standard InChI is InChI=1S/C14H18Cl2N2O/c1-9(17)10-2-4-18(5-3-10)14(19)11-6-12(15)8-13(16)7-11/h6-10H,2-5,17H2,1H3. The van der Waals surface area contributed by atoms with E-state index in [1.165, 1.54) is 0 Å². The summed E-state index contributed by atoms with van der Waals surface area (Å²) in [5.74, 6) is 0.500. The van der Waals surface area contributed by atoms with Crippen molar-refractivity contribution in [3.63, 3.8) is 0 Å². The lowest BCUT2D eigenvalue weighted by molar-refractivity contribution is 0.0681. The van der Waals surface area contributed by atoms with Gasteiger partial charge in [0.25, 0.3) is 5.91 Å². The van der Waals surface area contributed by atoms with Crippen LogP contribution in [0.25, 0.3) is 0 Å². The molecule has 1 heterocycles. The number of hydrogen-bond donors (Lipinski definition) is 1. The van der Waals surface area contributed by atoms with Crippen LogP contribution in [0.5, 0.6) is 0 Å². The Hall–Kier alpha value is -0.770. The first-order chi connectivity index (χ1) is 8.97. The van der Waals surface area contributed by atoms with Crippen molar-refractivity contribution in [2.75, 3.05) is 13.1 Å². The molecule has 1 unspecified atom stereocenters. The predicted molar refractivity (Wildman–Crippen MR) is 78.7 cm³/mol. The van der Waals surface area contributed by atoms with Crippen molar-refractivity contribution < 1.29 is 4.79 Å². The van der Waals surface area contributed by atoms with Crippen molar-refractivity contribution in [3.05, 3.63) is 33.8 Å². The van der Waals surface area contributed by atoms with Gasteiger partial charge in [0, 0.05) is 34.7 Å². The topological polar surface area (TPSA) is 46.3 Å². The Bertz CT molecular complexity index is 448. The molecule has 0 saturated carbocycles. The summed E-state index contributed by atoms with van der Waals surface area (Å²) in [6, 6.07) is 5.14. The van der Waals surface area contributed by atoms with Gasteiger partial charge >= 0.3 is 0 Å². The minimum atomic E-state index is -0.00692. The number of carbonyl (C=O) groups is 1. The van der Waals surface area contributed by atoms with Crippen LogP contribution in [0.2, 0.25) is 10.0 Å². The maximum Gasteiger partial charge on any atom is 0.253 e. The van der Waals surface area contributed by atoms with Crippen LogP contribution in [0.4, 0.5) is 0 Å². The number of rotatable bonds is 2. The molecule has 5 heteroatoms. The average Bonchev–Trinajstić information content (AvgIpc) is 2.37. The highest BCUT2D eigenvalue weighted by atomic mass is 35.5. The van der Waals surface area contributed by atoms with E-state index >= 15 is 0 Å². The van der Waals surface area contributed by atoms with Gasteiger partial charge in [-0.2, -0.15) is 0 Å². The Labute approximate surface area is 123 Å². The summed E-state index contributed by atoms with van der Waals surface area (Å²) in [5.41, 5.74) is 6.45. The van der Waals surface area contributed by atoms with Crippen LogP contribution in [-0.2, 0) is 0 Å². The highest BCUT2D eigenvalue weighted by Crippen LogP contribution is 2.24. The molecule has 0 bridgehead atoms. The fourth-order valence-corrected chi connectivity index (χ4v) is 3.01. The first-order valence-corrected chi connectivity index (χ1v) is 7.24. The second-order valence-electron chi connectivity index (χ2n) is 5.15. The number of hydrogen-bond acceptors (Lipinski definition) is 2. The van der Waals surface area contributed by atoms with Crippen molar-refractivity contribution in [3.8, 4) is 0 Å². The Balaban J connectivity index is 2.05. The molecule has 3 nitrogen and oxygen atoms in total. The van der Waals surface area contributed by atoms with E-state index < -0.39 is 0 Å². The second kappa shape index (κ2) is 6.12. The molecule has 2 N–H and O–H groups in total. The molecule has 1 atom stereocenters. The minimum absolute atomic E-state index is 0.00692. The number of piperidine rings is 1. The first kappa shape index (κ1) is 14.6. The third-order valence-corrected chi connectivity index (χ3v) is 4.12. The highest BCUT2D eigenvalue weighted by Gasteiger charge is 2.25. The van der Waals surface area contributed by atoms with Gasteiger partial charge in [0.15, 0.2) is 0 Å². The summed E-state index contributed by atoms with van der Waals surface area (Å²) < 4.78 is 0. The number of carbonyl (C=O) groups excluding carboxylic acids is 1. The summed E-state index contributed by atoms with van der Waals surface area (Å²) in [6.07, 6.45) is 1.91. The molecule has 1 aliphatic heterocycles. The Kier molecular flexibility index (Phi) is 4.71. The zero-order valence-corrected chi connectivity index (χ0v) is 12.4. The molecule has 1 amide bonds. The van der Waals surface area contributed by atoms with E-state index in [0.29, 0.717) is 21.5 Å². The molecule has 1 aromatic carbocycles. The molecule has 1 aromatic rings. The van der Waals surface area contributed by atoms with E-state index in [1.54, 1.807) is 18.2 Å². The molecule has 0 aromatic heterocycles. The largest absolute Gasteiger partial charge is 0.339 e. The molecule has 0 spiro atoms. The van der Waals surface area contributed by atoms with Crippen molar-refractivity contribution in [2.24, 2.45) is 11.7 Å². The maximum atomic E-state index is 12.4. The van der Waals surface area contributed by atoms with Gasteiger partial charge in [-0.05, 0) is 43.9 Å². The van der Waals surface area contributed by atoms with Crippen LogP contribution in [0.15, 0.2) is 18.2 Å². The molecule has 1 fully saturated rings. The molecule has 2 rings (SSSR count). The van der Waals surface area contributed by atoms with Gasteiger partial charge in [0.05, 0.1) is 0 Å². The maximum absolute atomic E-state index is 12.4. The van der Waals surface area contributed by atoms with E-state index in [2.05, 4.69) is 0 Å². The number of likely N-dealkylation sites (tertiary alicyclic amines) is 1. The van der Waals surface area contributed by atoms with Crippen molar-refractivity contribution >= 4 is 29.1 Å². The van der Waals surface area contributed by atoms with Gasteiger partial charge in [0.2, 0.25) is 0 Å². The van der Waals surface area contributed by atoms with Gasteiger partial charge < -0.3 is 10.6 Å². The molecule has 1 aliphatic rings. The monoisotopic (exact) mass is 300 g/mol. The van der Waals surface area contributed by atoms with Gasteiger partial charge in [0.1, 0.15) is 0 Å². The van der Waals surface area contributed by atoms with Crippen molar-refractivity contribution in [1.29, 1.82) is 0 Å². The average molecular weight is 301 g/mol. The lowest BCUT2D eigenvalue weighted by atomic mass is 9.90. The molecule has 104 valence electrons. The van der Waals surface area contributed by atoms with E-state index in [4.69, 9.17) is 28.9 Å². The zero-order chi connectivity index (χ0) is 14.0. The first-order valence-electron chi connectivity index (χ1n) is 6.48. The smallest absolute Gasteiger partial charge is 0.253 e. The van der Waals surface area contributed by atoms with E-state index in [9.17, 15) is 4.79 Å². The molecule has 0 radical (unpaired) electrons. The normalized spacial score (nSPS) is 18.4. The fourth-order valence-electron chi connectivity index (χ4n) is 2.49. The van der Waals surface area contributed by atoms with Crippen molar-refractivity contribution in [1.82, 2.24) is 4.90 Å². The van der Waals surface area contributed by atoms with Gasteiger partial charge in [-0.25, -0.2) is 0 Å². The Morgan fingerprint density at radius 1 is 1.26 bits per heavy atom. The van der Waals surface area contributed by atoms with Gasteiger partial charge in [-0.3, -0.25) is 4.79 Å². The Morgan fingerprint density at radius 3 is 2.26 bits per heavy atom. The number of nitrogens with zero attached hydrogens (tertiary/aromatic N) is 1. The van der Waals surface area contributed by atoms with Crippen LogP contribution in [0, 0.1) is 5.92 Å². The quantitative estimate of drug-likeness (QED) is 0.912. The zero-order valence-electron chi connectivity index (χ0n) is 10.9. The molecule has 0 aliphatic carbocycles. The fraction of sp³-hybridized carbons (Fsp3) is 0.500. The van der Waals surface area contributed by atoms with Crippen molar-refractivity contribution in [2.45, 2.75) is 25.8 Å². The van der Waals surface area contributed by atoms with Crippen LogP contribution < -0.4 is 5.73 Å². The lowest BCUT2D eigenvalue weighted by Gasteiger charge is -2.33. The third-order valence-electron chi connectivity index (χ3n) is 3.68. The molecular formula is C14H18Cl2N2O. The number of nitrogens with two attached hydrogens (primary N) is 1. The number of halogens is 2. The summed E-state index contributed by atoms with van der Waals surface area (Å²) >= 11 is 11.9. The minimum Gasteiger partial charge on any atom is -0.339 e. The predicted octanol–water partition coefficient (Wildman–Crippen LogP) is 3.19. The van der Waals surface area contributed by atoms with Crippen LogP contribution >= 0.6 is 23.2 Å². The summed E-state index contributed by atoms with van der Waals surface area (Å²) in [7, 11) is 0. The molecular weight excluding hydrogens is 283 g/mol. The van der Waals surface area contributed by atoms with Gasteiger partial charge in [-0.15, -0.1) is 0 Å². The van der Waals surface area contributed by atoms with Crippen LogP contribution in [-0.4, -0.2) is 29.9 Å². The highest BCUT2D eigenvalue weighted by molar-refractivity contribution is 6.35.